The van der Waals surface area contributed by atoms with Crippen LogP contribution in [-0.2, 0) is 4.74 Å². The van der Waals surface area contributed by atoms with Crippen LogP contribution in [0.2, 0.25) is 0 Å². The van der Waals surface area contributed by atoms with E-state index in [9.17, 15) is 0 Å². The van der Waals surface area contributed by atoms with Crippen LogP contribution < -0.4 is 10.1 Å². The third kappa shape index (κ3) is 3.24. The zero-order chi connectivity index (χ0) is 13.0. The molecule has 2 unspecified atom stereocenters. The lowest BCUT2D eigenvalue weighted by Gasteiger charge is -2.19. The normalized spacial score (nSPS) is 20.9. The van der Waals surface area contributed by atoms with Crippen molar-refractivity contribution in [3.05, 3.63) is 29.3 Å². The molecule has 1 heterocycles. The summed E-state index contributed by atoms with van der Waals surface area (Å²) in [5, 5.41) is 3.58. The van der Waals surface area contributed by atoms with Gasteiger partial charge in [0.15, 0.2) is 0 Å². The van der Waals surface area contributed by atoms with Gasteiger partial charge in [-0.3, -0.25) is 0 Å². The van der Waals surface area contributed by atoms with Crippen molar-refractivity contribution in [3.63, 3.8) is 0 Å². The number of rotatable bonds is 5. The Morgan fingerprint density at radius 1 is 1.50 bits per heavy atom. The zero-order valence-corrected chi connectivity index (χ0v) is 11.5. The summed E-state index contributed by atoms with van der Waals surface area (Å²) in [6.45, 7) is 7.08. The minimum absolute atomic E-state index is 0.307. The molecule has 2 rings (SSSR count). The van der Waals surface area contributed by atoms with E-state index in [1.807, 2.05) is 0 Å². The summed E-state index contributed by atoms with van der Waals surface area (Å²) in [6, 6.07) is 6.68. The van der Waals surface area contributed by atoms with Gasteiger partial charge in [0.1, 0.15) is 5.75 Å². The van der Waals surface area contributed by atoms with Gasteiger partial charge in [-0.1, -0.05) is 12.1 Å². The second-order valence-corrected chi connectivity index (χ2v) is 5.10. The van der Waals surface area contributed by atoms with Crippen LogP contribution in [0.4, 0.5) is 0 Å². The van der Waals surface area contributed by atoms with Crippen LogP contribution in [0.3, 0.4) is 0 Å². The predicted octanol–water partition coefficient (Wildman–Crippen LogP) is 2.69. The van der Waals surface area contributed by atoms with Gasteiger partial charge in [-0.2, -0.15) is 0 Å². The molecule has 0 aromatic heterocycles. The molecular weight excluding hydrogens is 226 g/mol. The van der Waals surface area contributed by atoms with Crippen LogP contribution in [0, 0.1) is 12.8 Å². The minimum atomic E-state index is 0.307. The van der Waals surface area contributed by atoms with Gasteiger partial charge in [0.25, 0.3) is 0 Å². The molecule has 0 bridgehead atoms. The van der Waals surface area contributed by atoms with Crippen molar-refractivity contribution < 1.29 is 9.47 Å². The van der Waals surface area contributed by atoms with E-state index in [0.717, 1.165) is 25.5 Å². The summed E-state index contributed by atoms with van der Waals surface area (Å²) in [5.41, 5.74) is 2.45. The number of benzene rings is 1. The molecule has 1 saturated heterocycles. The van der Waals surface area contributed by atoms with Crippen LogP contribution in [0.15, 0.2) is 18.2 Å². The van der Waals surface area contributed by atoms with Crippen molar-refractivity contribution in [1.82, 2.24) is 5.32 Å². The van der Waals surface area contributed by atoms with Crippen molar-refractivity contribution in [2.24, 2.45) is 5.92 Å². The van der Waals surface area contributed by atoms with Gasteiger partial charge in [-0.15, -0.1) is 0 Å². The van der Waals surface area contributed by atoms with Crippen LogP contribution >= 0.6 is 0 Å². The highest BCUT2D eigenvalue weighted by atomic mass is 16.5. The Hall–Kier alpha value is -1.06. The smallest absolute Gasteiger partial charge is 0.123 e. The molecule has 0 aliphatic carbocycles. The first-order chi connectivity index (χ1) is 8.70. The van der Waals surface area contributed by atoms with Crippen molar-refractivity contribution in [2.75, 3.05) is 26.9 Å². The monoisotopic (exact) mass is 249 g/mol. The van der Waals surface area contributed by atoms with E-state index < -0.39 is 0 Å². The maximum absolute atomic E-state index is 5.45. The number of hydrogen-bond donors (Lipinski definition) is 1. The standard InChI is InChI=1S/C15H23NO2/c1-11-4-5-14(15(8-11)17-3)12(2)16-9-13-6-7-18-10-13/h4-5,8,12-13,16H,6-7,9-10H2,1-3H3. The number of ether oxygens (including phenoxy) is 2. The molecule has 1 fully saturated rings. The number of methoxy groups -OCH3 is 1. The Labute approximate surface area is 109 Å². The molecule has 0 radical (unpaired) electrons. The Morgan fingerprint density at radius 3 is 3.00 bits per heavy atom. The molecule has 0 spiro atoms. The molecule has 1 aromatic carbocycles. The highest BCUT2D eigenvalue weighted by Crippen LogP contribution is 2.26. The lowest BCUT2D eigenvalue weighted by molar-refractivity contribution is 0.184. The molecule has 3 nitrogen and oxygen atoms in total. The molecule has 1 N–H and O–H groups in total. The molecule has 3 heteroatoms. The lowest BCUT2D eigenvalue weighted by Crippen LogP contribution is -2.26. The van der Waals surface area contributed by atoms with E-state index in [1.165, 1.54) is 17.5 Å². The zero-order valence-electron chi connectivity index (χ0n) is 11.5. The molecule has 1 aromatic rings. The van der Waals surface area contributed by atoms with E-state index in [0.29, 0.717) is 12.0 Å². The highest BCUT2D eigenvalue weighted by Gasteiger charge is 2.17. The van der Waals surface area contributed by atoms with Gasteiger partial charge >= 0.3 is 0 Å². The summed E-state index contributed by atoms with van der Waals surface area (Å²) < 4.78 is 10.8. The van der Waals surface area contributed by atoms with Gasteiger partial charge < -0.3 is 14.8 Å². The second kappa shape index (κ2) is 6.21. The first kappa shape index (κ1) is 13.4. The molecule has 18 heavy (non-hydrogen) atoms. The molecule has 2 atom stereocenters. The number of hydrogen-bond acceptors (Lipinski definition) is 3. The van der Waals surface area contributed by atoms with Crippen molar-refractivity contribution in [1.29, 1.82) is 0 Å². The quantitative estimate of drug-likeness (QED) is 0.870. The van der Waals surface area contributed by atoms with Gasteiger partial charge in [0.2, 0.25) is 0 Å². The van der Waals surface area contributed by atoms with Crippen LogP contribution in [-0.4, -0.2) is 26.9 Å². The molecule has 0 amide bonds. The Morgan fingerprint density at radius 2 is 2.33 bits per heavy atom. The van der Waals surface area contributed by atoms with E-state index in [1.54, 1.807) is 7.11 Å². The fraction of sp³-hybridized carbons (Fsp3) is 0.600. The Bertz CT molecular complexity index is 386. The van der Waals surface area contributed by atoms with Crippen LogP contribution in [0.1, 0.15) is 30.5 Å². The van der Waals surface area contributed by atoms with Crippen molar-refractivity contribution in [2.45, 2.75) is 26.3 Å². The molecule has 1 aliphatic rings. The SMILES string of the molecule is COc1cc(C)ccc1C(C)NCC1CCOC1. The van der Waals surface area contributed by atoms with E-state index in [-0.39, 0.29) is 0 Å². The first-order valence-electron chi connectivity index (χ1n) is 6.66. The third-order valence-corrected chi connectivity index (χ3v) is 3.59. The second-order valence-electron chi connectivity index (χ2n) is 5.10. The first-order valence-corrected chi connectivity index (χ1v) is 6.66. The average molecular weight is 249 g/mol. The number of nitrogens with one attached hydrogen (secondary N) is 1. The summed E-state index contributed by atoms with van der Waals surface area (Å²) in [6.07, 6.45) is 1.17. The Balaban J connectivity index is 1.96. The fourth-order valence-electron chi connectivity index (χ4n) is 2.37. The van der Waals surface area contributed by atoms with Gasteiger partial charge in [0, 0.05) is 24.8 Å². The third-order valence-electron chi connectivity index (χ3n) is 3.59. The van der Waals surface area contributed by atoms with Gasteiger partial charge in [-0.05, 0) is 37.8 Å². The number of aryl methyl sites for hydroxylation is 1. The Kier molecular flexibility index (Phi) is 4.61. The van der Waals surface area contributed by atoms with E-state index in [4.69, 9.17) is 9.47 Å². The molecule has 0 saturated carbocycles. The predicted molar refractivity (Wildman–Crippen MR) is 73.1 cm³/mol. The van der Waals surface area contributed by atoms with Gasteiger partial charge in [-0.25, -0.2) is 0 Å². The summed E-state index contributed by atoms with van der Waals surface area (Å²) in [7, 11) is 1.73. The summed E-state index contributed by atoms with van der Waals surface area (Å²) in [4.78, 5) is 0. The largest absolute Gasteiger partial charge is 0.496 e. The van der Waals surface area contributed by atoms with E-state index in [2.05, 4.69) is 37.4 Å². The van der Waals surface area contributed by atoms with Crippen LogP contribution in [0.25, 0.3) is 0 Å². The van der Waals surface area contributed by atoms with Gasteiger partial charge in [0.05, 0.1) is 13.7 Å². The minimum Gasteiger partial charge on any atom is -0.496 e. The summed E-state index contributed by atoms with van der Waals surface area (Å²) in [5.74, 6) is 1.63. The molecule has 100 valence electrons. The molecule has 1 aliphatic heterocycles. The maximum atomic E-state index is 5.45. The van der Waals surface area contributed by atoms with Crippen molar-refractivity contribution in [3.8, 4) is 5.75 Å². The van der Waals surface area contributed by atoms with Crippen molar-refractivity contribution >= 4 is 0 Å². The summed E-state index contributed by atoms with van der Waals surface area (Å²) >= 11 is 0. The highest BCUT2D eigenvalue weighted by molar-refractivity contribution is 5.39. The molecular formula is C15H23NO2. The average Bonchev–Trinajstić information content (AvgIpc) is 2.88. The maximum Gasteiger partial charge on any atom is 0.123 e. The lowest BCUT2D eigenvalue weighted by atomic mass is 10.0. The topological polar surface area (TPSA) is 30.5 Å². The fourth-order valence-corrected chi connectivity index (χ4v) is 2.37. The van der Waals surface area contributed by atoms with E-state index >= 15 is 0 Å². The van der Waals surface area contributed by atoms with Crippen LogP contribution in [0.5, 0.6) is 5.75 Å².